The molecule has 1 aliphatic heterocycles. The van der Waals surface area contributed by atoms with E-state index < -0.39 is 0 Å². The number of carbonyl (C=O) groups is 1. The highest BCUT2D eigenvalue weighted by atomic mass is 32.1. The van der Waals surface area contributed by atoms with Gasteiger partial charge in [0, 0.05) is 13.1 Å². The Morgan fingerprint density at radius 2 is 2.44 bits per heavy atom. The molecule has 2 rings (SSSR count). The lowest BCUT2D eigenvalue weighted by Crippen LogP contribution is -2.17. The van der Waals surface area contributed by atoms with Gasteiger partial charge in [-0.15, -0.1) is 11.3 Å². The van der Waals surface area contributed by atoms with Crippen LogP contribution in [0.25, 0.3) is 0 Å². The number of nitrogen functional groups attached to an aromatic ring is 1. The van der Waals surface area contributed by atoms with Crippen LogP contribution in [0, 0.1) is 5.92 Å². The van der Waals surface area contributed by atoms with Gasteiger partial charge in [0.15, 0.2) is 0 Å². The predicted octanol–water partition coefficient (Wildman–Crippen LogP) is 1.96. The number of esters is 1. The second kappa shape index (κ2) is 4.33. The standard InChI is InChI=1S/C11H16N2O2S/c1-7-3-4-13(6-7)9-5-8(12)10(16-9)11(14)15-2/h5,7H,3-4,6,12H2,1-2H3. The average molecular weight is 240 g/mol. The predicted molar refractivity (Wildman–Crippen MR) is 66.1 cm³/mol. The number of hydrogen-bond acceptors (Lipinski definition) is 5. The molecule has 88 valence electrons. The zero-order valence-electron chi connectivity index (χ0n) is 9.53. The van der Waals surface area contributed by atoms with Gasteiger partial charge < -0.3 is 15.4 Å². The molecule has 16 heavy (non-hydrogen) atoms. The molecule has 0 spiro atoms. The summed E-state index contributed by atoms with van der Waals surface area (Å²) in [5.74, 6) is 0.367. The summed E-state index contributed by atoms with van der Waals surface area (Å²) in [4.78, 5) is 14.2. The van der Waals surface area contributed by atoms with Gasteiger partial charge in [-0.2, -0.15) is 0 Å². The van der Waals surface area contributed by atoms with Crippen LogP contribution in [0.1, 0.15) is 23.0 Å². The lowest BCUT2D eigenvalue weighted by Gasteiger charge is -2.14. The molecule has 1 fully saturated rings. The van der Waals surface area contributed by atoms with Gasteiger partial charge in [-0.05, 0) is 18.4 Å². The van der Waals surface area contributed by atoms with E-state index in [2.05, 4.69) is 16.6 Å². The van der Waals surface area contributed by atoms with Crippen molar-refractivity contribution in [2.45, 2.75) is 13.3 Å². The summed E-state index contributed by atoms with van der Waals surface area (Å²) in [5, 5.41) is 1.07. The van der Waals surface area contributed by atoms with Gasteiger partial charge in [-0.1, -0.05) is 6.92 Å². The van der Waals surface area contributed by atoms with Crippen molar-refractivity contribution in [3.05, 3.63) is 10.9 Å². The molecule has 0 radical (unpaired) electrons. The third kappa shape index (κ3) is 2.00. The maximum absolute atomic E-state index is 11.4. The first kappa shape index (κ1) is 11.3. The van der Waals surface area contributed by atoms with Crippen LogP contribution in [-0.4, -0.2) is 26.2 Å². The maximum Gasteiger partial charge on any atom is 0.350 e. The Labute approximate surface area is 99.0 Å². The number of thiophene rings is 1. The number of rotatable bonds is 2. The molecule has 0 bridgehead atoms. The molecule has 0 saturated carbocycles. The van der Waals surface area contributed by atoms with Gasteiger partial charge in [0.05, 0.1) is 17.8 Å². The number of nitrogens with two attached hydrogens (primary N) is 1. The number of anilines is 2. The van der Waals surface area contributed by atoms with Gasteiger partial charge in [0.1, 0.15) is 4.88 Å². The highest BCUT2D eigenvalue weighted by molar-refractivity contribution is 7.18. The van der Waals surface area contributed by atoms with E-state index in [1.165, 1.54) is 24.9 Å². The molecule has 0 aromatic carbocycles. The van der Waals surface area contributed by atoms with Gasteiger partial charge in [-0.3, -0.25) is 0 Å². The first-order valence-electron chi connectivity index (χ1n) is 5.34. The van der Waals surface area contributed by atoms with E-state index in [1.54, 1.807) is 0 Å². The summed E-state index contributed by atoms with van der Waals surface area (Å²) in [5.41, 5.74) is 6.32. The van der Waals surface area contributed by atoms with Crippen molar-refractivity contribution >= 4 is 28.0 Å². The molecule has 1 atom stereocenters. The molecule has 4 nitrogen and oxygen atoms in total. The maximum atomic E-state index is 11.4. The van der Waals surface area contributed by atoms with Crippen LogP contribution in [0.3, 0.4) is 0 Å². The third-order valence-electron chi connectivity index (χ3n) is 2.85. The molecule has 1 aromatic rings. The number of hydrogen-bond donors (Lipinski definition) is 1. The van der Waals surface area contributed by atoms with Crippen LogP contribution in [0.5, 0.6) is 0 Å². The summed E-state index contributed by atoms with van der Waals surface area (Å²) < 4.78 is 4.69. The zero-order valence-corrected chi connectivity index (χ0v) is 10.3. The summed E-state index contributed by atoms with van der Waals surface area (Å²) in [6, 6.07) is 1.87. The lowest BCUT2D eigenvalue weighted by molar-refractivity contribution is 0.0607. The largest absolute Gasteiger partial charge is 0.465 e. The molecule has 1 aromatic heterocycles. The third-order valence-corrected chi connectivity index (χ3v) is 4.05. The van der Waals surface area contributed by atoms with Crippen molar-refractivity contribution in [1.82, 2.24) is 0 Å². The van der Waals surface area contributed by atoms with E-state index in [1.807, 2.05) is 6.07 Å². The summed E-state index contributed by atoms with van der Waals surface area (Å²) in [6.45, 7) is 4.32. The first-order valence-corrected chi connectivity index (χ1v) is 6.16. The minimum absolute atomic E-state index is 0.346. The Morgan fingerprint density at radius 1 is 1.69 bits per heavy atom. The molecular weight excluding hydrogens is 224 g/mol. The number of carbonyl (C=O) groups excluding carboxylic acids is 1. The van der Waals surface area contributed by atoms with E-state index >= 15 is 0 Å². The minimum atomic E-state index is -0.346. The van der Waals surface area contributed by atoms with Crippen LogP contribution in [0.15, 0.2) is 6.07 Å². The fourth-order valence-electron chi connectivity index (χ4n) is 1.93. The van der Waals surface area contributed by atoms with E-state index in [-0.39, 0.29) is 5.97 Å². The van der Waals surface area contributed by atoms with Crippen LogP contribution in [0.4, 0.5) is 10.7 Å². The Balaban J connectivity index is 2.20. The van der Waals surface area contributed by atoms with E-state index in [0.717, 1.165) is 18.1 Å². The van der Waals surface area contributed by atoms with Crippen molar-refractivity contribution < 1.29 is 9.53 Å². The lowest BCUT2D eigenvalue weighted by atomic mass is 10.2. The second-order valence-electron chi connectivity index (χ2n) is 4.20. The van der Waals surface area contributed by atoms with Crippen LogP contribution >= 0.6 is 11.3 Å². The molecular formula is C11H16N2O2S. The SMILES string of the molecule is COC(=O)c1sc(N2CCC(C)C2)cc1N. The van der Waals surface area contributed by atoms with Gasteiger partial charge in [0.25, 0.3) is 0 Å². The van der Waals surface area contributed by atoms with Gasteiger partial charge in [0.2, 0.25) is 0 Å². The fraction of sp³-hybridized carbons (Fsp3) is 0.545. The molecule has 0 aliphatic carbocycles. The molecule has 1 unspecified atom stereocenters. The normalized spacial score (nSPS) is 20.1. The zero-order chi connectivity index (χ0) is 11.7. The second-order valence-corrected chi connectivity index (χ2v) is 5.23. The Kier molecular flexibility index (Phi) is 3.05. The first-order chi connectivity index (χ1) is 7.61. The summed E-state index contributed by atoms with van der Waals surface area (Å²) in [7, 11) is 1.37. The highest BCUT2D eigenvalue weighted by Gasteiger charge is 2.23. The Bertz CT molecular complexity index is 403. The van der Waals surface area contributed by atoms with Crippen LogP contribution in [0.2, 0.25) is 0 Å². The van der Waals surface area contributed by atoms with E-state index in [0.29, 0.717) is 16.5 Å². The van der Waals surface area contributed by atoms with Crippen molar-refractivity contribution in [2.75, 3.05) is 30.8 Å². The topological polar surface area (TPSA) is 55.6 Å². The number of ether oxygens (including phenoxy) is 1. The van der Waals surface area contributed by atoms with Crippen molar-refractivity contribution in [1.29, 1.82) is 0 Å². The average Bonchev–Trinajstić information content (AvgIpc) is 2.83. The Hall–Kier alpha value is -1.23. The Morgan fingerprint density at radius 3 is 3.00 bits per heavy atom. The minimum Gasteiger partial charge on any atom is -0.465 e. The number of methoxy groups -OCH3 is 1. The fourth-order valence-corrected chi connectivity index (χ4v) is 2.97. The molecule has 0 amide bonds. The summed E-state index contributed by atoms with van der Waals surface area (Å²) >= 11 is 1.42. The van der Waals surface area contributed by atoms with Crippen LogP contribution in [-0.2, 0) is 4.74 Å². The summed E-state index contributed by atoms with van der Waals surface area (Å²) in [6.07, 6.45) is 1.20. The molecule has 2 N–H and O–H groups in total. The monoisotopic (exact) mass is 240 g/mol. The van der Waals surface area contributed by atoms with Gasteiger partial charge >= 0.3 is 5.97 Å². The van der Waals surface area contributed by atoms with Gasteiger partial charge in [-0.25, -0.2) is 4.79 Å². The van der Waals surface area contributed by atoms with Crippen LogP contribution < -0.4 is 10.6 Å². The molecule has 5 heteroatoms. The quantitative estimate of drug-likeness (QED) is 0.803. The number of nitrogens with zero attached hydrogens (tertiary/aromatic N) is 1. The van der Waals surface area contributed by atoms with E-state index in [4.69, 9.17) is 5.73 Å². The molecule has 2 heterocycles. The van der Waals surface area contributed by atoms with E-state index in [9.17, 15) is 4.79 Å². The van der Waals surface area contributed by atoms with Crippen molar-refractivity contribution in [2.24, 2.45) is 5.92 Å². The van der Waals surface area contributed by atoms with Crippen molar-refractivity contribution in [3.63, 3.8) is 0 Å². The molecule has 1 aliphatic rings. The van der Waals surface area contributed by atoms with Crippen molar-refractivity contribution in [3.8, 4) is 0 Å². The smallest absolute Gasteiger partial charge is 0.350 e. The molecule has 1 saturated heterocycles. The highest BCUT2D eigenvalue weighted by Crippen LogP contribution is 2.35.